The smallest absolute Gasteiger partial charge is 0.324 e. The van der Waals surface area contributed by atoms with Gasteiger partial charge in [-0.15, -0.1) is 0 Å². The summed E-state index contributed by atoms with van der Waals surface area (Å²) in [7, 11) is 0. The SMILES string of the molecule is CCC(CC)(C(=O)Nc1cc(C(F)(F)F)ccc1Cl)C(=O)Nc1cc(C(F)(F)F)ccc1Cl. The number of amides is 2. The number of rotatable bonds is 6. The minimum Gasteiger partial charge on any atom is -0.324 e. The summed E-state index contributed by atoms with van der Waals surface area (Å²) in [5, 5.41) is 4.08. The first-order valence-corrected chi connectivity index (χ1v) is 10.3. The van der Waals surface area contributed by atoms with Crippen LogP contribution in [0.5, 0.6) is 0 Å². The topological polar surface area (TPSA) is 58.2 Å². The van der Waals surface area contributed by atoms with Crippen molar-refractivity contribution >= 4 is 46.4 Å². The lowest BCUT2D eigenvalue weighted by Gasteiger charge is -2.29. The van der Waals surface area contributed by atoms with E-state index in [0.29, 0.717) is 12.1 Å². The van der Waals surface area contributed by atoms with Crippen LogP contribution < -0.4 is 10.6 Å². The average molecular weight is 515 g/mol. The van der Waals surface area contributed by atoms with Crippen molar-refractivity contribution in [2.45, 2.75) is 39.0 Å². The minimum atomic E-state index is -4.70. The summed E-state index contributed by atoms with van der Waals surface area (Å²) in [4.78, 5) is 26.1. The van der Waals surface area contributed by atoms with E-state index in [1.165, 1.54) is 13.8 Å². The molecule has 0 aliphatic carbocycles. The molecule has 2 aromatic carbocycles. The number of hydrogen-bond acceptors (Lipinski definition) is 2. The maximum absolute atomic E-state index is 13.0. The normalized spacial score (nSPS) is 12.4. The second-order valence-electron chi connectivity index (χ2n) is 7.08. The van der Waals surface area contributed by atoms with Gasteiger partial charge in [-0.1, -0.05) is 37.0 Å². The molecular weight excluding hydrogens is 497 g/mol. The van der Waals surface area contributed by atoms with Crippen LogP contribution in [0.2, 0.25) is 10.0 Å². The summed E-state index contributed by atoms with van der Waals surface area (Å²) in [5.74, 6) is -1.95. The fourth-order valence-electron chi connectivity index (χ4n) is 3.07. The van der Waals surface area contributed by atoms with E-state index < -0.39 is 40.7 Å². The van der Waals surface area contributed by atoms with E-state index in [0.717, 1.165) is 24.3 Å². The molecule has 12 heteroatoms. The molecule has 0 fully saturated rings. The van der Waals surface area contributed by atoms with Crippen LogP contribution >= 0.6 is 23.2 Å². The van der Waals surface area contributed by atoms with Gasteiger partial charge in [0.05, 0.1) is 32.5 Å². The Bertz CT molecular complexity index is 971. The number of alkyl halides is 6. The van der Waals surface area contributed by atoms with Crippen LogP contribution in [0.3, 0.4) is 0 Å². The molecule has 0 aliphatic heterocycles. The van der Waals surface area contributed by atoms with Gasteiger partial charge in [0.25, 0.3) is 0 Å². The zero-order valence-corrected chi connectivity index (χ0v) is 18.7. The summed E-state index contributed by atoms with van der Waals surface area (Å²) in [6.45, 7) is 2.95. The monoisotopic (exact) mass is 514 g/mol. The van der Waals surface area contributed by atoms with E-state index in [9.17, 15) is 35.9 Å². The number of hydrogen-bond donors (Lipinski definition) is 2. The van der Waals surface area contributed by atoms with Crippen LogP contribution in [0, 0.1) is 5.41 Å². The Labute approximate surface area is 195 Å². The Morgan fingerprint density at radius 1 is 0.727 bits per heavy atom. The second-order valence-corrected chi connectivity index (χ2v) is 7.90. The fourth-order valence-corrected chi connectivity index (χ4v) is 3.40. The Balaban J connectivity index is 2.39. The van der Waals surface area contributed by atoms with E-state index in [1.807, 2.05) is 0 Å². The summed E-state index contributed by atoms with van der Waals surface area (Å²) < 4.78 is 78.1. The van der Waals surface area contributed by atoms with Crippen molar-refractivity contribution < 1.29 is 35.9 Å². The highest BCUT2D eigenvalue weighted by Gasteiger charge is 2.43. The van der Waals surface area contributed by atoms with Crippen molar-refractivity contribution in [1.82, 2.24) is 0 Å². The van der Waals surface area contributed by atoms with E-state index in [4.69, 9.17) is 23.2 Å². The van der Waals surface area contributed by atoms with Gasteiger partial charge in [0, 0.05) is 0 Å². The first-order valence-electron chi connectivity index (χ1n) is 9.52. The molecule has 0 aliphatic rings. The molecule has 2 rings (SSSR count). The Morgan fingerprint density at radius 2 is 1.06 bits per heavy atom. The number of benzene rings is 2. The predicted octanol–water partition coefficient (Wildman–Crippen LogP) is 7.41. The third-order valence-electron chi connectivity index (χ3n) is 5.16. The molecule has 2 amide bonds. The molecule has 2 aromatic rings. The zero-order chi connectivity index (χ0) is 25.2. The van der Waals surface area contributed by atoms with E-state index in [2.05, 4.69) is 10.6 Å². The third-order valence-corrected chi connectivity index (χ3v) is 5.82. The number of nitrogens with one attached hydrogen (secondary N) is 2. The highest BCUT2D eigenvalue weighted by Crippen LogP contribution is 2.38. The van der Waals surface area contributed by atoms with Crippen LogP contribution in [-0.2, 0) is 21.9 Å². The molecule has 0 bridgehead atoms. The van der Waals surface area contributed by atoms with Crippen LogP contribution in [0.4, 0.5) is 37.7 Å². The van der Waals surface area contributed by atoms with Crippen molar-refractivity contribution in [3.05, 3.63) is 57.6 Å². The van der Waals surface area contributed by atoms with E-state index in [-0.39, 0.29) is 34.3 Å². The quantitative estimate of drug-likeness (QED) is 0.311. The Kier molecular flexibility index (Phi) is 7.96. The van der Waals surface area contributed by atoms with Crippen molar-refractivity contribution in [2.24, 2.45) is 5.41 Å². The molecular formula is C21H18Cl2F6N2O2. The molecule has 0 unspecified atom stereocenters. The van der Waals surface area contributed by atoms with Gasteiger partial charge in [0.2, 0.25) is 11.8 Å². The minimum absolute atomic E-state index is 0.117. The molecule has 0 atom stereocenters. The Morgan fingerprint density at radius 3 is 1.33 bits per heavy atom. The fraction of sp³-hybridized carbons (Fsp3) is 0.333. The van der Waals surface area contributed by atoms with Crippen molar-refractivity contribution in [3.8, 4) is 0 Å². The van der Waals surface area contributed by atoms with Gasteiger partial charge < -0.3 is 10.6 Å². The summed E-state index contributed by atoms with van der Waals surface area (Å²) in [5.41, 5.74) is -4.71. The molecule has 0 radical (unpaired) electrons. The van der Waals surface area contributed by atoms with Gasteiger partial charge in [0.1, 0.15) is 5.41 Å². The zero-order valence-electron chi connectivity index (χ0n) is 17.2. The molecule has 180 valence electrons. The Hall–Kier alpha value is -2.46. The highest BCUT2D eigenvalue weighted by molar-refractivity contribution is 6.34. The third kappa shape index (κ3) is 5.92. The number of carbonyl (C=O) groups excluding carboxylic acids is 2. The first kappa shape index (κ1) is 26.8. The molecule has 0 heterocycles. The number of anilines is 2. The largest absolute Gasteiger partial charge is 0.416 e. The molecule has 0 saturated carbocycles. The highest BCUT2D eigenvalue weighted by atomic mass is 35.5. The summed E-state index contributed by atoms with van der Waals surface area (Å²) in [6, 6.07) is 4.60. The summed E-state index contributed by atoms with van der Waals surface area (Å²) in [6.07, 6.45) is -9.63. The molecule has 4 nitrogen and oxygen atoms in total. The van der Waals surface area contributed by atoms with E-state index >= 15 is 0 Å². The maximum atomic E-state index is 13.0. The van der Waals surface area contributed by atoms with Gasteiger partial charge in [-0.05, 0) is 49.2 Å². The van der Waals surface area contributed by atoms with Crippen LogP contribution in [0.1, 0.15) is 37.8 Å². The van der Waals surface area contributed by atoms with Gasteiger partial charge >= 0.3 is 12.4 Å². The van der Waals surface area contributed by atoms with Gasteiger partial charge in [-0.2, -0.15) is 26.3 Å². The van der Waals surface area contributed by atoms with Gasteiger partial charge in [0.15, 0.2) is 0 Å². The van der Waals surface area contributed by atoms with Crippen LogP contribution in [-0.4, -0.2) is 11.8 Å². The van der Waals surface area contributed by atoms with Crippen molar-refractivity contribution in [1.29, 1.82) is 0 Å². The van der Waals surface area contributed by atoms with E-state index in [1.54, 1.807) is 0 Å². The molecule has 33 heavy (non-hydrogen) atoms. The lowest BCUT2D eigenvalue weighted by molar-refractivity contribution is -0.139. The van der Waals surface area contributed by atoms with Gasteiger partial charge in [-0.3, -0.25) is 9.59 Å². The van der Waals surface area contributed by atoms with Crippen molar-refractivity contribution in [2.75, 3.05) is 10.6 Å². The lowest BCUT2D eigenvalue weighted by atomic mass is 9.80. The molecule has 0 spiro atoms. The number of halogens is 8. The van der Waals surface area contributed by atoms with Crippen molar-refractivity contribution in [3.63, 3.8) is 0 Å². The van der Waals surface area contributed by atoms with Gasteiger partial charge in [-0.25, -0.2) is 0 Å². The number of carbonyl (C=O) groups is 2. The van der Waals surface area contributed by atoms with Crippen LogP contribution in [0.15, 0.2) is 36.4 Å². The maximum Gasteiger partial charge on any atom is 0.416 e. The first-order chi connectivity index (χ1) is 15.2. The molecule has 2 N–H and O–H groups in total. The average Bonchev–Trinajstić information content (AvgIpc) is 2.71. The predicted molar refractivity (Wildman–Crippen MR) is 113 cm³/mol. The molecule has 0 aromatic heterocycles. The summed E-state index contributed by atoms with van der Waals surface area (Å²) >= 11 is 11.8. The second kappa shape index (κ2) is 9.80. The molecule has 0 saturated heterocycles. The standard InChI is InChI=1S/C21H18Cl2F6N2O2/c1-3-19(4-2,17(32)30-15-9-11(20(24,25)26)5-7-13(15)22)18(33)31-16-10-12(21(27,28)29)6-8-14(16)23/h5-10H,3-4H2,1-2H3,(H,30,32)(H,31,33). The van der Waals surface area contributed by atoms with Crippen LogP contribution in [0.25, 0.3) is 0 Å². The lowest BCUT2D eigenvalue weighted by Crippen LogP contribution is -2.45.